The number of nitrogens with zero attached hydrogens (tertiary/aromatic N) is 2. The average Bonchev–Trinajstić information content (AvgIpc) is 3.09. The number of non-ortho nitro benzene ring substituents is 1. The number of ether oxygens (including phenoxy) is 6. The van der Waals surface area contributed by atoms with Gasteiger partial charge in [-0.15, -0.1) is 0 Å². The monoisotopic (exact) mass is 641 g/mol. The minimum Gasteiger partial charge on any atom is -0.493 e. The zero-order chi connectivity index (χ0) is 33.8. The summed E-state index contributed by atoms with van der Waals surface area (Å²) in [4.78, 5) is 38.9. The van der Waals surface area contributed by atoms with Gasteiger partial charge in [-0.1, -0.05) is 12.1 Å². The number of carbonyl (C=O) groups excluding carboxylic acids is 1. The van der Waals surface area contributed by atoms with Crippen molar-refractivity contribution in [3.8, 4) is 45.6 Å². The van der Waals surface area contributed by atoms with Gasteiger partial charge in [0.25, 0.3) is 11.2 Å². The van der Waals surface area contributed by atoms with E-state index in [4.69, 9.17) is 34.2 Å². The van der Waals surface area contributed by atoms with E-state index in [1.807, 2.05) is 0 Å². The van der Waals surface area contributed by atoms with E-state index >= 15 is 0 Å². The van der Waals surface area contributed by atoms with Crippen LogP contribution in [0, 0.1) is 10.1 Å². The predicted molar refractivity (Wildman–Crippen MR) is 174 cm³/mol. The average molecular weight is 642 g/mol. The Kier molecular flexibility index (Phi) is 9.17. The molecule has 5 aromatic rings. The van der Waals surface area contributed by atoms with Crippen LogP contribution in [0.2, 0.25) is 0 Å². The van der Waals surface area contributed by atoms with Gasteiger partial charge in [-0.2, -0.15) is 0 Å². The largest absolute Gasteiger partial charge is 0.493 e. The summed E-state index contributed by atoms with van der Waals surface area (Å²) in [5, 5.41) is 11.8. The van der Waals surface area contributed by atoms with Crippen LogP contribution >= 0.6 is 0 Å². The normalized spacial score (nSPS) is 10.7. The smallest absolute Gasteiger partial charge is 0.355 e. The topological polar surface area (TPSA) is 164 Å². The molecule has 0 bridgehead atoms. The number of carbonyl (C=O) groups is 1. The first kappa shape index (κ1) is 32.2. The van der Waals surface area contributed by atoms with Crippen LogP contribution in [0.15, 0.2) is 77.6 Å². The molecular formula is C34H31N3O10. The van der Waals surface area contributed by atoms with Gasteiger partial charge < -0.3 is 34.2 Å². The third-order valence-electron chi connectivity index (χ3n) is 7.47. The molecule has 4 aromatic carbocycles. The molecule has 0 aliphatic heterocycles. The van der Waals surface area contributed by atoms with E-state index in [-0.39, 0.29) is 34.9 Å². The molecule has 0 fully saturated rings. The lowest BCUT2D eigenvalue weighted by Crippen LogP contribution is -2.27. The van der Waals surface area contributed by atoms with Gasteiger partial charge in [0, 0.05) is 34.5 Å². The fourth-order valence-corrected chi connectivity index (χ4v) is 5.28. The molecule has 0 atom stereocenters. The van der Waals surface area contributed by atoms with Gasteiger partial charge in [-0.25, -0.2) is 4.79 Å². The number of anilines is 1. The Morgan fingerprint density at radius 3 is 2.02 bits per heavy atom. The number of hydrogen-bond donors (Lipinski definition) is 1. The molecule has 0 aliphatic carbocycles. The van der Waals surface area contributed by atoms with Crippen LogP contribution in [0.25, 0.3) is 27.6 Å². The third kappa shape index (κ3) is 6.06. The van der Waals surface area contributed by atoms with Crippen molar-refractivity contribution in [1.29, 1.82) is 0 Å². The molecule has 0 saturated carbocycles. The molecule has 5 rings (SSSR count). The fourth-order valence-electron chi connectivity index (χ4n) is 5.28. The third-order valence-corrected chi connectivity index (χ3v) is 7.47. The van der Waals surface area contributed by atoms with E-state index in [2.05, 4.69) is 0 Å². The molecule has 47 heavy (non-hydrogen) atoms. The van der Waals surface area contributed by atoms with Gasteiger partial charge in [-0.3, -0.25) is 19.5 Å². The minimum atomic E-state index is -0.797. The van der Waals surface area contributed by atoms with Crippen LogP contribution in [-0.2, 0) is 11.3 Å². The Morgan fingerprint density at radius 1 is 0.809 bits per heavy atom. The molecule has 13 nitrogen and oxygen atoms in total. The van der Waals surface area contributed by atoms with Crippen molar-refractivity contribution in [2.75, 3.05) is 41.3 Å². The van der Waals surface area contributed by atoms with Crippen LogP contribution in [0.4, 0.5) is 11.4 Å². The number of nitro groups is 1. The molecule has 0 amide bonds. The number of rotatable bonds is 11. The molecule has 0 aliphatic rings. The number of pyridine rings is 1. The number of benzene rings is 4. The van der Waals surface area contributed by atoms with Crippen LogP contribution < -0.4 is 35.0 Å². The van der Waals surface area contributed by atoms with Crippen molar-refractivity contribution in [1.82, 2.24) is 4.57 Å². The zero-order valence-corrected chi connectivity index (χ0v) is 26.2. The second-order valence-corrected chi connectivity index (χ2v) is 10.1. The van der Waals surface area contributed by atoms with E-state index in [9.17, 15) is 19.7 Å². The van der Waals surface area contributed by atoms with Crippen LogP contribution in [-0.4, -0.2) is 51.0 Å². The second-order valence-electron chi connectivity index (χ2n) is 10.1. The van der Waals surface area contributed by atoms with Crippen LogP contribution in [0.3, 0.4) is 0 Å². The quantitative estimate of drug-likeness (QED) is 0.0832. The highest BCUT2D eigenvalue weighted by atomic mass is 16.6. The summed E-state index contributed by atoms with van der Waals surface area (Å²) >= 11 is 0. The van der Waals surface area contributed by atoms with Crippen molar-refractivity contribution >= 4 is 28.1 Å². The van der Waals surface area contributed by atoms with E-state index in [0.717, 1.165) is 0 Å². The standard InChI is InChI=1S/C34H31N3O10/c1-42-26-16-24-25(17-27(26)47-18-19-7-6-8-23(13-19)37(40)41)33(38)36(22-11-9-21(35)10-12-22)31(34(39)46-5)30(24)20-14-28(43-2)32(45-4)29(15-20)44-3/h6-17H,18,35H2,1-5H3. The Balaban J connectivity index is 1.86. The number of hydrogen-bond acceptors (Lipinski definition) is 11. The summed E-state index contributed by atoms with van der Waals surface area (Å²) in [6.45, 7) is -0.0598. The molecular weight excluding hydrogens is 610 g/mol. The predicted octanol–water partition coefficient (Wildman–Crippen LogP) is 5.55. The summed E-state index contributed by atoms with van der Waals surface area (Å²) < 4.78 is 34.9. The van der Waals surface area contributed by atoms with Crippen molar-refractivity contribution < 1.29 is 38.1 Å². The Bertz CT molecular complexity index is 2030. The molecule has 1 heterocycles. The molecule has 0 unspecified atom stereocenters. The maximum atomic E-state index is 14.4. The summed E-state index contributed by atoms with van der Waals surface area (Å²) in [6.07, 6.45) is 0. The summed E-state index contributed by atoms with van der Waals surface area (Å²) in [5.74, 6) is 0.560. The zero-order valence-electron chi connectivity index (χ0n) is 26.2. The maximum Gasteiger partial charge on any atom is 0.355 e. The number of fused-ring (bicyclic) bond motifs is 1. The van der Waals surface area contributed by atoms with E-state index in [1.165, 1.54) is 58.3 Å². The fraction of sp³-hybridized carbons (Fsp3) is 0.176. The highest BCUT2D eigenvalue weighted by Gasteiger charge is 2.28. The van der Waals surface area contributed by atoms with Gasteiger partial charge in [0.2, 0.25) is 5.75 Å². The first-order valence-corrected chi connectivity index (χ1v) is 14.1. The van der Waals surface area contributed by atoms with Gasteiger partial charge in [-0.05, 0) is 59.7 Å². The number of nitro benzene ring substituents is 1. The van der Waals surface area contributed by atoms with E-state index < -0.39 is 16.5 Å². The minimum absolute atomic E-state index is 0.0598. The number of methoxy groups -OCH3 is 5. The second kappa shape index (κ2) is 13.4. The van der Waals surface area contributed by atoms with Gasteiger partial charge in [0.1, 0.15) is 12.3 Å². The maximum absolute atomic E-state index is 14.4. The highest BCUT2D eigenvalue weighted by molar-refractivity contribution is 6.08. The van der Waals surface area contributed by atoms with Gasteiger partial charge in [0.05, 0.1) is 45.9 Å². The van der Waals surface area contributed by atoms with Gasteiger partial charge in [0.15, 0.2) is 23.0 Å². The van der Waals surface area contributed by atoms with Crippen molar-refractivity contribution in [2.45, 2.75) is 6.61 Å². The first-order valence-electron chi connectivity index (χ1n) is 14.1. The lowest BCUT2D eigenvalue weighted by molar-refractivity contribution is -0.384. The van der Waals surface area contributed by atoms with Crippen LogP contribution in [0.1, 0.15) is 16.1 Å². The Hall–Kier alpha value is -6.24. The lowest BCUT2D eigenvalue weighted by atomic mass is 9.95. The highest BCUT2D eigenvalue weighted by Crippen LogP contribution is 2.45. The molecule has 0 saturated heterocycles. The first-order chi connectivity index (χ1) is 22.6. The van der Waals surface area contributed by atoms with Crippen molar-refractivity contribution in [2.24, 2.45) is 0 Å². The summed E-state index contributed by atoms with van der Waals surface area (Å²) in [6, 6.07) is 18.8. The number of nitrogens with two attached hydrogens (primary N) is 1. The van der Waals surface area contributed by atoms with E-state index in [0.29, 0.717) is 50.7 Å². The molecule has 2 N–H and O–H groups in total. The SMILES string of the molecule is COC(=O)c1c(-c2cc(OC)c(OC)c(OC)c2)c2cc(OC)c(OCc3cccc([N+](=O)[O-])c3)cc2c(=O)n1-c1ccc(N)cc1. The van der Waals surface area contributed by atoms with Gasteiger partial charge >= 0.3 is 5.97 Å². The molecule has 13 heteroatoms. The molecule has 242 valence electrons. The lowest BCUT2D eigenvalue weighted by Gasteiger charge is -2.21. The molecule has 1 aromatic heterocycles. The van der Waals surface area contributed by atoms with Crippen LogP contribution in [0.5, 0.6) is 28.7 Å². The number of nitrogen functional groups attached to an aromatic ring is 1. The number of esters is 1. The summed E-state index contributed by atoms with van der Waals surface area (Å²) in [5.41, 5.74) is 7.25. The Morgan fingerprint density at radius 2 is 1.45 bits per heavy atom. The summed E-state index contributed by atoms with van der Waals surface area (Å²) in [7, 11) is 7.04. The van der Waals surface area contributed by atoms with E-state index in [1.54, 1.807) is 54.6 Å². The van der Waals surface area contributed by atoms with Crippen molar-refractivity contribution in [3.63, 3.8) is 0 Å². The van der Waals surface area contributed by atoms with Crippen molar-refractivity contribution in [3.05, 3.63) is 105 Å². The Labute approximate surface area is 268 Å². The molecule has 0 spiro atoms. The number of aromatic nitrogens is 1. The molecule has 0 radical (unpaired) electrons.